The second-order valence-electron chi connectivity index (χ2n) is 1.87. The first-order valence-electron chi connectivity index (χ1n) is 3.18. The summed E-state index contributed by atoms with van der Waals surface area (Å²) < 4.78 is 0.919. The van der Waals surface area contributed by atoms with Gasteiger partial charge in [-0.1, -0.05) is 18.5 Å². The van der Waals surface area contributed by atoms with E-state index in [9.17, 15) is 0 Å². The zero-order chi connectivity index (χ0) is 8.27. The number of nitrogens with zero attached hydrogens (tertiary/aromatic N) is 1. The highest BCUT2D eigenvalue weighted by atomic mass is 79.9. The Labute approximate surface area is 83.7 Å². The summed E-state index contributed by atoms with van der Waals surface area (Å²) in [5.74, 6) is 0.994. The van der Waals surface area contributed by atoms with Crippen LogP contribution in [0.1, 0.15) is 6.92 Å². The molecule has 1 rings (SSSR count). The molecular formula is C7H7BrClNS. The Morgan fingerprint density at radius 2 is 2.45 bits per heavy atom. The van der Waals surface area contributed by atoms with Crippen LogP contribution in [0, 0.1) is 0 Å². The summed E-state index contributed by atoms with van der Waals surface area (Å²) in [5, 5.41) is 1.61. The number of rotatable bonds is 2. The first-order valence-corrected chi connectivity index (χ1v) is 5.33. The Morgan fingerprint density at radius 3 is 3.00 bits per heavy atom. The SMILES string of the molecule is CCSc1ncc(Br)cc1Cl. The van der Waals surface area contributed by atoms with E-state index in [1.165, 1.54) is 0 Å². The van der Waals surface area contributed by atoms with E-state index in [-0.39, 0.29) is 0 Å². The largest absolute Gasteiger partial charge is 0.247 e. The molecule has 60 valence electrons. The highest BCUT2D eigenvalue weighted by Crippen LogP contribution is 2.26. The van der Waals surface area contributed by atoms with E-state index in [0.717, 1.165) is 15.3 Å². The maximum Gasteiger partial charge on any atom is 0.115 e. The molecular weight excluding hydrogens is 246 g/mol. The van der Waals surface area contributed by atoms with Crippen molar-refractivity contribution < 1.29 is 0 Å². The average Bonchev–Trinajstić information content (AvgIpc) is 1.95. The van der Waals surface area contributed by atoms with Gasteiger partial charge in [0.25, 0.3) is 0 Å². The van der Waals surface area contributed by atoms with E-state index < -0.39 is 0 Å². The minimum Gasteiger partial charge on any atom is -0.247 e. The molecule has 0 aliphatic carbocycles. The molecule has 1 aromatic rings. The van der Waals surface area contributed by atoms with Crippen molar-refractivity contribution >= 4 is 39.3 Å². The van der Waals surface area contributed by atoms with Crippen LogP contribution in [0.5, 0.6) is 0 Å². The third-order valence-electron chi connectivity index (χ3n) is 1.06. The number of hydrogen-bond acceptors (Lipinski definition) is 2. The second kappa shape index (κ2) is 4.33. The Morgan fingerprint density at radius 1 is 1.73 bits per heavy atom. The monoisotopic (exact) mass is 251 g/mol. The molecule has 0 aliphatic rings. The van der Waals surface area contributed by atoms with Gasteiger partial charge < -0.3 is 0 Å². The van der Waals surface area contributed by atoms with Gasteiger partial charge in [0.2, 0.25) is 0 Å². The lowest BCUT2D eigenvalue weighted by molar-refractivity contribution is 1.12. The lowest BCUT2D eigenvalue weighted by atomic mass is 10.5. The first-order chi connectivity index (χ1) is 5.24. The molecule has 4 heteroatoms. The van der Waals surface area contributed by atoms with Crippen molar-refractivity contribution in [3.8, 4) is 0 Å². The smallest absolute Gasteiger partial charge is 0.115 e. The van der Waals surface area contributed by atoms with Crippen LogP contribution in [-0.4, -0.2) is 10.7 Å². The first kappa shape index (κ1) is 9.36. The van der Waals surface area contributed by atoms with Crippen LogP contribution in [-0.2, 0) is 0 Å². The highest BCUT2D eigenvalue weighted by Gasteiger charge is 2.00. The number of halogens is 2. The van der Waals surface area contributed by atoms with Gasteiger partial charge in [-0.3, -0.25) is 0 Å². The predicted molar refractivity (Wildman–Crippen MR) is 53.3 cm³/mol. The van der Waals surface area contributed by atoms with Gasteiger partial charge in [0.15, 0.2) is 0 Å². The number of pyridine rings is 1. The summed E-state index contributed by atoms with van der Waals surface area (Å²) in [6.45, 7) is 2.07. The summed E-state index contributed by atoms with van der Waals surface area (Å²) in [7, 11) is 0. The molecule has 0 bridgehead atoms. The molecule has 11 heavy (non-hydrogen) atoms. The van der Waals surface area contributed by atoms with Crippen molar-refractivity contribution in [2.45, 2.75) is 11.9 Å². The van der Waals surface area contributed by atoms with Crippen LogP contribution >= 0.6 is 39.3 Å². The number of thioether (sulfide) groups is 1. The van der Waals surface area contributed by atoms with Crippen molar-refractivity contribution in [1.82, 2.24) is 4.98 Å². The summed E-state index contributed by atoms with van der Waals surface area (Å²) in [6, 6.07) is 1.85. The lowest BCUT2D eigenvalue weighted by Crippen LogP contribution is -1.81. The highest BCUT2D eigenvalue weighted by molar-refractivity contribution is 9.10. The van der Waals surface area contributed by atoms with Gasteiger partial charge in [0.05, 0.1) is 5.02 Å². The molecule has 0 aliphatic heterocycles. The van der Waals surface area contributed by atoms with Crippen LogP contribution in [0.3, 0.4) is 0 Å². The van der Waals surface area contributed by atoms with Crippen molar-refractivity contribution in [1.29, 1.82) is 0 Å². The zero-order valence-electron chi connectivity index (χ0n) is 5.97. The Hall–Kier alpha value is 0.270. The number of hydrogen-bond donors (Lipinski definition) is 0. The van der Waals surface area contributed by atoms with E-state index in [2.05, 4.69) is 27.8 Å². The zero-order valence-corrected chi connectivity index (χ0v) is 9.13. The third-order valence-corrected chi connectivity index (χ3v) is 2.78. The topological polar surface area (TPSA) is 12.9 Å². The summed E-state index contributed by atoms with van der Waals surface area (Å²) in [5.41, 5.74) is 0. The van der Waals surface area contributed by atoms with Gasteiger partial charge in [0.1, 0.15) is 5.03 Å². The molecule has 0 saturated carbocycles. The van der Waals surface area contributed by atoms with Crippen LogP contribution in [0.2, 0.25) is 5.02 Å². The van der Waals surface area contributed by atoms with Crippen LogP contribution in [0.4, 0.5) is 0 Å². The molecule has 0 radical (unpaired) electrons. The quantitative estimate of drug-likeness (QED) is 0.746. The van der Waals surface area contributed by atoms with Gasteiger partial charge >= 0.3 is 0 Å². The van der Waals surface area contributed by atoms with Crippen molar-refractivity contribution in [3.05, 3.63) is 21.8 Å². The molecule has 0 atom stereocenters. The van der Waals surface area contributed by atoms with E-state index in [1.54, 1.807) is 18.0 Å². The Balaban J connectivity index is 2.90. The Kier molecular flexibility index (Phi) is 3.69. The fourth-order valence-electron chi connectivity index (χ4n) is 0.645. The molecule has 1 aromatic heterocycles. The predicted octanol–water partition coefficient (Wildman–Crippen LogP) is 3.61. The summed E-state index contributed by atoms with van der Waals surface area (Å²) in [4.78, 5) is 4.15. The van der Waals surface area contributed by atoms with Crippen LogP contribution < -0.4 is 0 Å². The van der Waals surface area contributed by atoms with E-state index >= 15 is 0 Å². The van der Waals surface area contributed by atoms with E-state index in [1.807, 2.05) is 6.07 Å². The standard InChI is InChI=1S/C7H7BrClNS/c1-2-11-7-6(9)3-5(8)4-10-7/h3-4H,2H2,1H3. The van der Waals surface area contributed by atoms with Crippen LogP contribution in [0.15, 0.2) is 21.8 Å². The van der Waals surface area contributed by atoms with E-state index in [0.29, 0.717) is 5.02 Å². The summed E-state index contributed by atoms with van der Waals surface area (Å²) >= 11 is 10.8. The molecule has 0 spiro atoms. The van der Waals surface area contributed by atoms with Gasteiger partial charge in [-0.15, -0.1) is 11.8 Å². The molecule has 0 amide bonds. The van der Waals surface area contributed by atoms with Gasteiger partial charge in [-0.25, -0.2) is 4.98 Å². The van der Waals surface area contributed by atoms with Gasteiger partial charge in [0, 0.05) is 10.7 Å². The third kappa shape index (κ3) is 2.65. The molecule has 1 nitrogen and oxygen atoms in total. The van der Waals surface area contributed by atoms with E-state index in [4.69, 9.17) is 11.6 Å². The molecule has 0 unspecified atom stereocenters. The second-order valence-corrected chi connectivity index (χ2v) is 4.45. The Bertz CT molecular complexity index is 254. The summed E-state index contributed by atoms with van der Waals surface area (Å²) in [6.07, 6.45) is 1.75. The maximum absolute atomic E-state index is 5.89. The molecule has 0 fully saturated rings. The van der Waals surface area contributed by atoms with Crippen molar-refractivity contribution in [3.63, 3.8) is 0 Å². The maximum atomic E-state index is 5.89. The minimum atomic E-state index is 0.714. The molecule has 0 N–H and O–H groups in total. The normalized spacial score (nSPS) is 10.1. The van der Waals surface area contributed by atoms with Crippen molar-refractivity contribution in [2.24, 2.45) is 0 Å². The van der Waals surface area contributed by atoms with Gasteiger partial charge in [-0.2, -0.15) is 0 Å². The molecule has 1 heterocycles. The van der Waals surface area contributed by atoms with Crippen LogP contribution in [0.25, 0.3) is 0 Å². The molecule has 0 aromatic carbocycles. The lowest BCUT2D eigenvalue weighted by Gasteiger charge is -1.99. The minimum absolute atomic E-state index is 0.714. The number of aromatic nitrogens is 1. The van der Waals surface area contributed by atoms with Gasteiger partial charge in [-0.05, 0) is 27.7 Å². The fourth-order valence-corrected chi connectivity index (χ4v) is 2.04. The fraction of sp³-hybridized carbons (Fsp3) is 0.286. The molecule has 0 saturated heterocycles. The average molecular weight is 253 g/mol. The van der Waals surface area contributed by atoms with Crippen molar-refractivity contribution in [2.75, 3.05) is 5.75 Å².